The van der Waals surface area contributed by atoms with Crippen LogP contribution in [-0.2, 0) is 13.0 Å². The van der Waals surface area contributed by atoms with Gasteiger partial charge in [-0.05, 0) is 62.0 Å². The Bertz CT molecular complexity index is 909. The van der Waals surface area contributed by atoms with Crippen molar-refractivity contribution in [2.24, 2.45) is 5.92 Å². The van der Waals surface area contributed by atoms with E-state index in [1.807, 2.05) is 17.7 Å². The van der Waals surface area contributed by atoms with Crippen molar-refractivity contribution in [1.82, 2.24) is 25.1 Å². The molecule has 3 heterocycles. The molecule has 1 aliphatic heterocycles. The highest BCUT2D eigenvalue weighted by Crippen LogP contribution is 2.26. The van der Waals surface area contributed by atoms with Gasteiger partial charge >= 0.3 is 0 Å². The smallest absolute Gasteiger partial charge is 0.163 e. The van der Waals surface area contributed by atoms with Gasteiger partial charge in [0, 0.05) is 13.0 Å². The Morgan fingerprint density at radius 2 is 2.04 bits per heavy atom. The Hall–Kier alpha value is -2.54. The number of benzene rings is 1. The summed E-state index contributed by atoms with van der Waals surface area (Å²) in [6.45, 7) is 4.78. The number of nitrogens with two attached hydrogens (primary N) is 1. The van der Waals surface area contributed by atoms with Crippen molar-refractivity contribution in [3.63, 3.8) is 0 Å². The summed E-state index contributed by atoms with van der Waals surface area (Å²) in [4.78, 5) is 8.56. The molecule has 0 saturated carbocycles. The van der Waals surface area contributed by atoms with Crippen molar-refractivity contribution < 1.29 is 4.39 Å². The molecule has 0 atom stereocenters. The zero-order valence-corrected chi connectivity index (χ0v) is 14.9. The number of halogens is 1. The van der Waals surface area contributed by atoms with Gasteiger partial charge in [0.25, 0.3) is 0 Å². The molecule has 0 amide bonds. The van der Waals surface area contributed by atoms with Gasteiger partial charge in [-0.2, -0.15) is 5.10 Å². The number of rotatable bonds is 4. The van der Waals surface area contributed by atoms with Crippen LogP contribution in [0.4, 0.5) is 10.2 Å². The number of aromatic nitrogens is 4. The number of anilines is 1. The molecule has 0 aliphatic carbocycles. The molecule has 3 N–H and O–H groups in total. The minimum Gasteiger partial charge on any atom is -0.383 e. The van der Waals surface area contributed by atoms with Gasteiger partial charge in [-0.3, -0.25) is 0 Å². The molecule has 0 radical (unpaired) electrons. The van der Waals surface area contributed by atoms with Crippen LogP contribution in [0.5, 0.6) is 0 Å². The fourth-order valence-electron chi connectivity index (χ4n) is 3.77. The van der Waals surface area contributed by atoms with E-state index in [-0.39, 0.29) is 5.82 Å². The van der Waals surface area contributed by atoms with Gasteiger partial charge in [0.15, 0.2) is 5.65 Å². The van der Waals surface area contributed by atoms with Gasteiger partial charge in [0.2, 0.25) is 0 Å². The van der Waals surface area contributed by atoms with E-state index < -0.39 is 0 Å². The molecule has 0 spiro atoms. The van der Waals surface area contributed by atoms with E-state index >= 15 is 0 Å². The van der Waals surface area contributed by atoms with E-state index in [4.69, 9.17) is 10.8 Å². The lowest BCUT2D eigenvalue weighted by Gasteiger charge is -2.22. The van der Waals surface area contributed by atoms with Crippen molar-refractivity contribution in [2.45, 2.75) is 32.7 Å². The molecule has 1 fully saturated rings. The predicted molar refractivity (Wildman–Crippen MR) is 99.3 cm³/mol. The molecule has 0 bridgehead atoms. The molecule has 4 rings (SSSR count). The van der Waals surface area contributed by atoms with E-state index in [0.29, 0.717) is 18.2 Å². The zero-order chi connectivity index (χ0) is 18.1. The summed E-state index contributed by atoms with van der Waals surface area (Å²) in [5, 5.41) is 8.96. The first-order valence-electron chi connectivity index (χ1n) is 9.03. The van der Waals surface area contributed by atoms with Crippen LogP contribution in [0.2, 0.25) is 0 Å². The Kier molecular flexibility index (Phi) is 4.55. The van der Waals surface area contributed by atoms with Crippen LogP contribution in [0.15, 0.2) is 24.5 Å². The molecule has 3 aromatic rings. The maximum Gasteiger partial charge on any atom is 0.163 e. The molecular weight excluding hydrogens is 331 g/mol. The predicted octanol–water partition coefficient (Wildman–Crippen LogP) is 2.45. The van der Waals surface area contributed by atoms with E-state index in [1.54, 1.807) is 6.07 Å². The molecule has 7 heteroatoms. The van der Waals surface area contributed by atoms with Gasteiger partial charge < -0.3 is 11.1 Å². The topological polar surface area (TPSA) is 81.7 Å². The summed E-state index contributed by atoms with van der Waals surface area (Å²) < 4.78 is 15.7. The lowest BCUT2D eigenvalue weighted by Crippen LogP contribution is -2.30. The van der Waals surface area contributed by atoms with E-state index in [2.05, 4.69) is 15.3 Å². The second kappa shape index (κ2) is 6.99. The maximum absolute atomic E-state index is 13.8. The average molecular weight is 354 g/mol. The van der Waals surface area contributed by atoms with Crippen LogP contribution in [-0.4, -0.2) is 32.8 Å². The molecule has 1 aliphatic rings. The first-order chi connectivity index (χ1) is 12.6. The monoisotopic (exact) mass is 354 g/mol. The number of fused-ring (bicyclic) bond motifs is 1. The van der Waals surface area contributed by atoms with E-state index in [1.165, 1.54) is 12.4 Å². The third kappa shape index (κ3) is 3.39. The molecule has 0 unspecified atom stereocenters. The first kappa shape index (κ1) is 16.9. The van der Waals surface area contributed by atoms with Crippen molar-refractivity contribution in [3.05, 3.63) is 47.2 Å². The van der Waals surface area contributed by atoms with Crippen molar-refractivity contribution in [2.75, 3.05) is 18.8 Å². The molecule has 2 aromatic heterocycles. The fraction of sp³-hybridized carbons (Fsp3) is 0.421. The van der Waals surface area contributed by atoms with Gasteiger partial charge in [-0.1, -0.05) is 6.07 Å². The molecule has 1 saturated heterocycles. The largest absolute Gasteiger partial charge is 0.383 e. The fourth-order valence-corrected chi connectivity index (χ4v) is 3.77. The van der Waals surface area contributed by atoms with Gasteiger partial charge in [-0.25, -0.2) is 19.0 Å². The SMILES string of the molecule is Cc1cc(F)cc(Cc2nn(CC3CCNCC3)c3ncnc(N)c23)c1. The average Bonchev–Trinajstić information content (AvgIpc) is 2.93. The minimum atomic E-state index is -0.234. The van der Waals surface area contributed by atoms with E-state index in [9.17, 15) is 4.39 Å². The third-order valence-corrected chi connectivity index (χ3v) is 4.99. The highest BCUT2D eigenvalue weighted by molar-refractivity contribution is 5.88. The molecular formula is C19H23FN6. The van der Waals surface area contributed by atoms with Crippen LogP contribution in [0.25, 0.3) is 11.0 Å². The Morgan fingerprint density at radius 3 is 2.81 bits per heavy atom. The second-order valence-corrected chi connectivity index (χ2v) is 7.09. The number of aryl methyl sites for hydroxylation is 1. The second-order valence-electron chi connectivity index (χ2n) is 7.09. The zero-order valence-electron chi connectivity index (χ0n) is 14.9. The van der Waals surface area contributed by atoms with Crippen molar-refractivity contribution in [1.29, 1.82) is 0 Å². The van der Waals surface area contributed by atoms with E-state index in [0.717, 1.165) is 60.3 Å². The molecule has 6 nitrogen and oxygen atoms in total. The normalized spacial score (nSPS) is 15.6. The highest BCUT2D eigenvalue weighted by atomic mass is 19.1. The lowest BCUT2D eigenvalue weighted by atomic mass is 9.98. The van der Waals surface area contributed by atoms with Crippen LogP contribution in [0.1, 0.15) is 29.7 Å². The quantitative estimate of drug-likeness (QED) is 0.752. The molecule has 136 valence electrons. The van der Waals surface area contributed by atoms with Gasteiger partial charge in [-0.15, -0.1) is 0 Å². The third-order valence-electron chi connectivity index (χ3n) is 4.99. The van der Waals surface area contributed by atoms with Crippen molar-refractivity contribution >= 4 is 16.9 Å². The molecule has 1 aromatic carbocycles. The summed E-state index contributed by atoms with van der Waals surface area (Å²) in [5.41, 5.74) is 9.46. The van der Waals surface area contributed by atoms with Crippen LogP contribution in [0, 0.1) is 18.7 Å². The van der Waals surface area contributed by atoms with Gasteiger partial charge in [0.05, 0.1) is 11.1 Å². The summed E-state index contributed by atoms with van der Waals surface area (Å²) in [5.74, 6) is 0.761. The molecule has 26 heavy (non-hydrogen) atoms. The Labute approximate surface area is 151 Å². The van der Waals surface area contributed by atoms with Gasteiger partial charge in [0.1, 0.15) is 18.0 Å². The lowest BCUT2D eigenvalue weighted by molar-refractivity contribution is 0.324. The number of hydrogen-bond donors (Lipinski definition) is 2. The first-order valence-corrected chi connectivity index (χ1v) is 9.03. The number of hydrogen-bond acceptors (Lipinski definition) is 5. The highest BCUT2D eigenvalue weighted by Gasteiger charge is 2.20. The standard InChI is InChI=1S/C19H23FN6/c1-12-6-14(8-15(20)7-12)9-16-17-18(21)23-11-24-19(17)26(25-16)10-13-2-4-22-5-3-13/h6-8,11,13,22H,2-5,9-10H2,1H3,(H2,21,23,24). The number of nitrogens with zero attached hydrogens (tertiary/aromatic N) is 4. The van der Waals surface area contributed by atoms with Crippen LogP contribution < -0.4 is 11.1 Å². The Balaban J connectivity index is 1.71. The van der Waals surface area contributed by atoms with Crippen LogP contribution >= 0.6 is 0 Å². The summed E-state index contributed by atoms with van der Waals surface area (Å²) in [6, 6.07) is 5.04. The Morgan fingerprint density at radius 1 is 1.23 bits per heavy atom. The minimum absolute atomic E-state index is 0.234. The number of nitrogens with one attached hydrogen (secondary N) is 1. The maximum atomic E-state index is 13.8. The summed E-state index contributed by atoms with van der Waals surface area (Å²) in [7, 11) is 0. The van der Waals surface area contributed by atoms with Crippen LogP contribution in [0.3, 0.4) is 0 Å². The summed E-state index contributed by atoms with van der Waals surface area (Å²) >= 11 is 0. The number of piperidine rings is 1. The van der Waals surface area contributed by atoms with Crippen molar-refractivity contribution in [3.8, 4) is 0 Å². The summed E-state index contributed by atoms with van der Waals surface area (Å²) in [6.07, 6.45) is 4.24. The number of nitrogen functional groups attached to an aromatic ring is 1.